The van der Waals surface area contributed by atoms with Crippen molar-refractivity contribution < 1.29 is 14.3 Å². The van der Waals surface area contributed by atoms with E-state index >= 15 is 0 Å². The van der Waals surface area contributed by atoms with Crippen molar-refractivity contribution in [2.45, 2.75) is 200 Å². The van der Waals surface area contributed by atoms with Gasteiger partial charge in [-0.3, -0.25) is 4.79 Å². The van der Waals surface area contributed by atoms with E-state index in [0.29, 0.717) is 6.42 Å². The predicted octanol–water partition coefficient (Wildman–Crippen LogP) is 11.5. The Balaban J connectivity index is 3.08. The highest BCUT2D eigenvalue weighted by Gasteiger charge is 2.12. The van der Waals surface area contributed by atoms with Crippen molar-refractivity contribution in [2.24, 2.45) is 0 Å². The average Bonchev–Trinajstić information content (AvgIpc) is 2.91. The fourth-order valence-corrected chi connectivity index (χ4v) is 5.35. The van der Waals surface area contributed by atoms with E-state index in [9.17, 15) is 9.59 Å². The van der Waals surface area contributed by atoms with Crippen LogP contribution < -0.4 is 0 Å². The number of carbonyl (C=O) groups is 2. The maximum absolute atomic E-state index is 11.4. The van der Waals surface area contributed by atoms with Gasteiger partial charge < -0.3 is 4.74 Å². The number of ketones is 1. The largest absolute Gasteiger partial charge is 0.463 e. The lowest BCUT2D eigenvalue weighted by Gasteiger charge is -2.04. The van der Waals surface area contributed by atoms with Gasteiger partial charge in [-0.25, -0.2) is 4.79 Å². The Kier molecular flexibility index (Phi) is 30.6. The van der Waals surface area contributed by atoms with Gasteiger partial charge in [-0.2, -0.15) is 0 Å². The minimum absolute atomic E-state index is 0.339. The van der Waals surface area contributed by atoms with Crippen LogP contribution in [0.25, 0.3) is 0 Å². The Morgan fingerprint density at radius 1 is 0.378 bits per heavy atom. The van der Waals surface area contributed by atoms with Crippen LogP contribution in [0.5, 0.6) is 0 Å². The minimum Gasteiger partial charge on any atom is -0.463 e. The highest BCUT2D eigenvalue weighted by molar-refractivity contribution is 6.33. The number of Topliss-reactive ketones (excluding diaryl/α,β-unsaturated/α-hetero) is 1. The van der Waals surface area contributed by atoms with Crippen LogP contribution in [0.2, 0.25) is 0 Å². The zero-order valence-electron chi connectivity index (χ0n) is 25.4. The molecule has 0 N–H and O–H groups in total. The number of carbonyl (C=O) groups excluding carboxylic acids is 2. The van der Waals surface area contributed by atoms with Crippen molar-refractivity contribution in [1.29, 1.82) is 0 Å². The van der Waals surface area contributed by atoms with E-state index in [2.05, 4.69) is 11.7 Å². The topological polar surface area (TPSA) is 43.4 Å². The van der Waals surface area contributed by atoms with Crippen LogP contribution in [0.4, 0.5) is 0 Å². The lowest BCUT2D eigenvalue weighted by Crippen LogP contribution is -2.14. The second kappa shape index (κ2) is 31.4. The average molecular weight is 523 g/mol. The molecule has 220 valence electrons. The molecule has 0 aliphatic rings. The van der Waals surface area contributed by atoms with Crippen molar-refractivity contribution in [1.82, 2.24) is 0 Å². The second-order valence-corrected chi connectivity index (χ2v) is 11.6. The molecule has 0 bridgehead atoms. The normalized spacial score (nSPS) is 11.2. The lowest BCUT2D eigenvalue weighted by molar-refractivity contribution is -0.151. The molecule has 0 saturated carbocycles. The van der Waals surface area contributed by atoms with E-state index in [4.69, 9.17) is 0 Å². The number of hydrogen-bond acceptors (Lipinski definition) is 3. The van der Waals surface area contributed by atoms with Gasteiger partial charge in [0.15, 0.2) is 0 Å². The van der Waals surface area contributed by atoms with Gasteiger partial charge in [0.05, 0.1) is 7.11 Å². The van der Waals surface area contributed by atoms with Crippen molar-refractivity contribution in [3.05, 3.63) is 0 Å². The minimum atomic E-state index is -0.694. The molecule has 0 aromatic rings. The molecule has 0 amide bonds. The molecule has 37 heavy (non-hydrogen) atoms. The van der Waals surface area contributed by atoms with Gasteiger partial charge in [-0.05, 0) is 6.42 Å². The second-order valence-electron chi connectivity index (χ2n) is 11.6. The maximum atomic E-state index is 11.4. The summed E-state index contributed by atoms with van der Waals surface area (Å²) in [5, 5.41) is 0. The molecule has 0 aliphatic carbocycles. The fraction of sp³-hybridized carbons (Fsp3) is 0.941. The zero-order chi connectivity index (χ0) is 27.1. The summed E-state index contributed by atoms with van der Waals surface area (Å²) in [6.07, 6.45) is 40.5. The van der Waals surface area contributed by atoms with E-state index < -0.39 is 5.97 Å². The Morgan fingerprint density at radius 3 is 0.811 bits per heavy atom. The number of ether oxygens (including phenoxy) is 1. The predicted molar refractivity (Wildman–Crippen MR) is 161 cm³/mol. The van der Waals surface area contributed by atoms with Crippen LogP contribution in [-0.2, 0) is 14.3 Å². The molecule has 3 nitrogen and oxygen atoms in total. The van der Waals surface area contributed by atoms with Gasteiger partial charge in [0.2, 0.25) is 5.78 Å². The molecule has 0 aromatic carbocycles. The van der Waals surface area contributed by atoms with Gasteiger partial charge in [-0.15, -0.1) is 0 Å². The Hall–Kier alpha value is -0.860. The summed E-state index contributed by atoms with van der Waals surface area (Å²) >= 11 is 0. The standard InChI is InChI=1S/C34H66O3/c1-3-4-5-6-7-8-9-10-11-12-13-14-15-16-17-18-19-20-21-22-23-24-25-26-27-28-29-30-31-32-33(35)34(36)37-2/h3-32H2,1-2H3. The quantitative estimate of drug-likeness (QED) is 0.0516. The number of unbranched alkanes of at least 4 members (excludes halogenated alkanes) is 28. The highest BCUT2D eigenvalue weighted by Crippen LogP contribution is 2.16. The highest BCUT2D eigenvalue weighted by atomic mass is 16.5. The Bertz CT molecular complexity index is 474. The lowest BCUT2D eigenvalue weighted by atomic mass is 10.0. The first-order valence-electron chi connectivity index (χ1n) is 16.8. The zero-order valence-corrected chi connectivity index (χ0v) is 25.4. The van der Waals surface area contributed by atoms with Gasteiger partial charge in [-0.1, -0.05) is 187 Å². The molecule has 0 radical (unpaired) electrons. The summed E-state index contributed by atoms with van der Waals surface area (Å²) in [5.41, 5.74) is 0. The Labute approximate surface area is 232 Å². The van der Waals surface area contributed by atoms with Gasteiger partial charge in [0.25, 0.3) is 0 Å². The van der Waals surface area contributed by atoms with Gasteiger partial charge in [0, 0.05) is 6.42 Å². The number of methoxy groups -OCH3 is 1. The van der Waals surface area contributed by atoms with Crippen molar-refractivity contribution in [2.75, 3.05) is 7.11 Å². The molecule has 0 saturated heterocycles. The van der Waals surface area contributed by atoms with Crippen LogP contribution in [0.15, 0.2) is 0 Å². The smallest absolute Gasteiger partial charge is 0.374 e. The molecule has 0 heterocycles. The monoisotopic (exact) mass is 523 g/mol. The maximum Gasteiger partial charge on any atom is 0.374 e. The molecule has 0 fully saturated rings. The molecule has 0 rings (SSSR count). The molecule has 0 unspecified atom stereocenters. The first-order valence-corrected chi connectivity index (χ1v) is 16.8. The SMILES string of the molecule is CCCCCCCCCCCCCCCCCCCCCCCCCCCCCCCC(=O)C(=O)OC. The van der Waals surface area contributed by atoms with Crippen LogP contribution in [-0.4, -0.2) is 18.9 Å². The van der Waals surface area contributed by atoms with Crippen LogP contribution in [0.3, 0.4) is 0 Å². The van der Waals surface area contributed by atoms with Crippen molar-refractivity contribution in [3.8, 4) is 0 Å². The molecular weight excluding hydrogens is 456 g/mol. The van der Waals surface area contributed by atoms with Crippen LogP contribution >= 0.6 is 0 Å². The van der Waals surface area contributed by atoms with E-state index in [1.807, 2.05) is 0 Å². The third kappa shape index (κ3) is 29.5. The number of hydrogen-bond donors (Lipinski definition) is 0. The van der Waals surface area contributed by atoms with E-state index in [1.54, 1.807) is 0 Å². The van der Waals surface area contributed by atoms with Crippen molar-refractivity contribution in [3.63, 3.8) is 0 Å². The van der Waals surface area contributed by atoms with E-state index in [-0.39, 0.29) is 5.78 Å². The summed E-state index contributed by atoms with van der Waals surface area (Å²) in [5.74, 6) is -1.08. The van der Waals surface area contributed by atoms with Gasteiger partial charge in [0.1, 0.15) is 0 Å². The first kappa shape index (κ1) is 36.1. The first-order chi connectivity index (χ1) is 18.2. The molecule has 0 spiro atoms. The van der Waals surface area contributed by atoms with Crippen molar-refractivity contribution >= 4 is 11.8 Å². The summed E-state index contributed by atoms with van der Waals surface area (Å²) in [6, 6.07) is 0. The van der Waals surface area contributed by atoms with Crippen LogP contribution in [0, 0.1) is 0 Å². The molecule has 0 atom stereocenters. The van der Waals surface area contributed by atoms with Gasteiger partial charge >= 0.3 is 5.97 Å². The van der Waals surface area contributed by atoms with E-state index in [1.165, 1.54) is 180 Å². The number of rotatable bonds is 31. The third-order valence-electron chi connectivity index (χ3n) is 7.92. The molecule has 0 aliphatic heterocycles. The fourth-order valence-electron chi connectivity index (χ4n) is 5.35. The molecule has 0 aromatic heterocycles. The van der Waals surface area contributed by atoms with Crippen LogP contribution in [0.1, 0.15) is 200 Å². The summed E-state index contributed by atoms with van der Waals surface area (Å²) in [7, 11) is 1.27. The molecular formula is C34H66O3. The van der Waals surface area contributed by atoms with E-state index in [0.717, 1.165) is 12.8 Å². The summed E-state index contributed by atoms with van der Waals surface area (Å²) in [6.45, 7) is 2.30. The summed E-state index contributed by atoms with van der Waals surface area (Å²) < 4.78 is 4.44. The third-order valence-corrected chi connectivity index (χ3v) is 7.92. The molecule has 3 heteroatoms. The summed E-state index contributed by atoms with van der Waals surface area (Å²) in [4.78, 5) is 22.4. The number of esters is 1. The Morgan fingerprint density at radius 2 is 0.595 bits per heavy atom.